The smallest absolute Gasteiger partial charge is 0.388 e. The van der Waals surface area contributed by atoms with Crippen molar-refractivity contribution in [1.82, 2.24) is 5.32 Å². The van der Waals surface area contributed by atoms with E-state index < -0.39 is 29.7 Å². The maximum atomic E-state index is 12.9. The van der Waals surface area contributed by atoms with Crippen LogP contribution in [0.3, 0.4) is 0 Å². The number of ketones is 2. The Hall–Kier alpha value is -2.60. The Morgan fingerprint density at radius 3 is 2.38 bits per heavy atom. The largest absolute Gasteiger partial charge is 0.416 e. The molecule has 0 bridgehead atoms. The zero-order chi connectivity index (χ0) is 21.6. The molecule has 0 radical (unpaired) electrons. The predicted octanol–water partition coefficient (Wildman–Crippen LogP) is 5.93. The monoisotopic (exact) mass is 423 g/mol. The van der Waals surface area contributed by atoms with Crippen LogP contribution in [0.25, 0.3) is 5.57 Å². The zero-order valence-corrected chi connectivity index (χ0v) is 16.8. The molecule has 0 heterocycles. The maximum absolute atomic E-state index is 12.9. The van der Waals surface area contributed by atoms with Gasteiger partial charge in [0.25, 0.3) is 0 Å². The van der Waals surface area contributed by atoms with Gasteiger partial charge in [0.1, 0.15) is 0 Å². The minimum Gasteiger partial charge on any atom is -0.388 e. The molecular formula is C22H21ClF3NO2. The van der Waals surface area contributed by atoms with Gasteiger partial charge in [-0.25, -0.2) is 0 Å². The standard InChI is InChI=1S/C22H21ClF3NO2/c1-3-14(2)27-13-19(15-6-5-9-18(23)11-15)21(29)12-20(28)16-7-4-8-17(10-16)22(24,25)26/h4-11,13-14,27H,3,12H2,1-2H3/b19-13-. The molecule has 29 heavy (non-hydrogen) atoms. The molecule has 2 rings (SSSR count). The first-order valence-electron chi connectivity index (χ1n) is 9.07. The molecule has 2 aromatic carbocycles. The Morgan fingerprint density at radius 1 is 1.10 bits per heavy atom. The van der Waals surface area contributed by atoms with Crippen LogP contribution in [0.4, 0.5) is 13.2 Å². The van der Waals surface area contributed by atoms with Crippen LogP contribution in [0.5, 0.6) is 0 Å². The van der Waals surface area contributed by atoms with E-state index in [0.29, 0.717) is 10.6 Å². The van der Waals surface area contributed by atoms with Crippen molar-refractivity contribution < 1.29 is 22.8 Å². The van der Waals surface area contributed by atoms with E-state index in [-0.39, 0.29) is 17.2 Å². The SMILES string of the molecule is CCC(C)N/C=C(\C(=O)CC(=O)c1cccc(C(F)(F)F)c1)c1cccc(Cl)c1. The van der Waals surface area contributed by atoms with Gasteiger partial charge in [0.2, 0.25) is 0 Å². The van der Waals surface area contributed by atoms with E-state index in [1.807, 2.05) is 13.8 Å². The molecule has 1 N–H and O–H groups in total. The molecule has 154 valence electrons. The minimum absolute atomic E-state index is 0.0937. The van der Waals surface area contributed by atoms with Crippen LogP contribution in [0, 0.1) is 0 Å². The van der Waals surface area contributed by atoms with Crippen molar-refractivity contribution in [3.8, 4) is 0 Å². The van der Waals surface area contributed by atoms with Crippen molar-refractivity contribution in [2.24, 2.45) is 0 Å². The third-order valence-electron chi connectivity index (χ3n) is 4.39. The van der Waals surface area contributed by atoms with Crippen molar-refractivity contribution in [3.05, 3.63) is 76.4 Å². The van der Waals surface area contributed by atoms with E-state index >= 15 is 0 Å². The van der Waals surface area contributed by atoms with E-state index in [9.17, 15) is 22.8 Å². The Morgan fingerprint density at radius 2 is 1.76 bits per heavy atom. The average Bonchev–Trinajstić information content (AvgIpc) is 2.67. The summed E-state index contributed by atoms with van der Waals surface area (Å²) in [6.45, 7) is 3.91. The van der Waals surface area contributed by atoms with E-state index in [0.717, 1.165) is 24.6 Å². The number of nitrogens with one attached hydrogen (secondary N) is 1. The quantitative estimate of drug-likeness (QED) is 0.325. The molecule has 0 fully saturated rings. The van der Waals surface area contributed by atoms with Crippen LogP contribution >= 0.6 is 11.6 Å². The normalized spacial score (nSPS) is 13.1. The van der Waals surface area contributed by atoms with Crippen molar-refractivity contribution in [1.29, 1.82) is 0 Å². The second-order valence-corrected chi connectivity index (χ2v) is 7.08. The summed E-state index contributed by atoms with van der Waals surface area (Å²) in [6, 6.07) is 10.8. The number of rotatable bonds is 8. The Labute approximate surface area is 172 Å². The van der Waals surface area contributed by atoms with Gasteiger partial charge >= 0.3 is 6.18 Å². The van der Waals surface area contributed by atoms with Gasteiger partial charge in [-0.15, -0.1) is 0 Å². The van der Waals surface area contributed by atoms with Crippen LogP contribution in [0.2, 0.25) is 5.02 Å². The minimum atomic E-state index is -4.56. The second-order valence-electron chi connectivity index (χ2n) is 6.65. The molecule has 0 amide bonds. The van der Waals surface area contributed by atoms with Crippen molar-refractivity contribution in [2.75, 3.05) is 0 Å². The lowest BCUT2D eigenvalue weighted by atomic mass is 9.96. The van der Waals surface area contributed by atoms with E-state index in [1.54, 1.807) is 24.3 Å². The highest BCUT2D eigenvalue weighted by molar-refractivity contribution is 6.32. The van der Waals surface area contributed by atoms with Gasteiger partial charge in [-0.05, 0) is 43.2 Å². The number of benzene rings is 2. The Balaban J connectivity index is 2.28. The van der Waals surface area contributed by atoms with Gasteiger partial charge < -0.3 is 5.32 Å². The fraction of sp³-hybridized carbons (Fsp3) is 0.273. The number of allylic oxidation sites excluding steroid dienone is 1. The number of carbonyl (C=O) groups is 2. The lowest BCUT2D eigenvalue weighted by Gasteiger charge is -2.13. The lowest BCUT2D eigenvalue weighted by Crippen LogP contribution is -2.21. The van der Waals surface area contributed by atoms with Crippen LogP contribution < -0.4 is 5.32 Å². The lowest BCUT2D eigenvalue weighted by molar-refractivity contribution is -0.137. The van der Waals surface area contributed by atoms with Gasteiger partial charge in [0.05, 0.1) is 12.0 Å². The van der Waals surface area contributed by atoms with E-state index in [4.69, 9.17) is 11.6 Å². The number of alkyl halides is 3. The third kappa shape index (κ3) is 6.46. The first-order valence-corrected chi connectivity index (χ1v) is 9.45. The molecule has 0 aliphatic carbocycles. The molecule has 0 aliphatic heterocycles. The summed E-state index contributed by atoms with van der Waals surface area (Å²) >= 11 is 6.01. The Kier molecular flexibility index (Phi) is 7.62. The van der Waals surface area contributed by atoms with Crippen molar-refractivity contribution >= 4 is 28.7 Å². The number of Topliss-reactive ketones (excluding diaryl/α,β-unsaturated/α-hetero) is 2. The summed E-state index contributed by atoms with van der Waals surface area (Å²) in [7, 11) is 0. The van der Waals surface area contributed by atoms with E-state index in [2.05, 4.69) is 5.32 Å². The van der Waals surface area contributed by atoms with Crippen LogP contribution in [-0.4, -0.2) is 17.6 Å². The summed E-state index contributed by atoms with van der Waals surface area (Å²) in [5.74, 6) is -1.19. The fourth-order valence-corrected chi connectivity index (χ4v) is 2.73. The average molecular weight is 424 g/mol. The van der Waals surface area contributed by atoms with Gasteiger partial charge in [0.15, 0.2) is 11.6 Å². The van der Waals surface area contributed by atoms with Crippen molar-refractivity contribution in [3.63, 3.8) is 0 Å². The summed E-state index contributed by atoms with van der Waals surface area (Å²) < 4.78 is 38.6. The van der Waals surface area contributed by atoms with Gasteiger partial charge in [0, 0.05) is 28.4 Å². The molecule has 2 aromatic rings. The molecule has 3 nitrogen and oxygen atoms in total. The number of halogens is 4. The number of carbonyl (C=O) groups excluding carboxylic acids is 2. The molecule has 0 aliphatic rings. The predicted molar refractivity (Wildman–Crippen MR) is 108 cm³/mol. The molecule has 0 aromatic heterocycles. The van der Waals surface area contributed by atoms with Crippen molar-refractivity contribution in [2.45, 2.75) is 38.9 Å². The summed E-state index contributed by atoms with van der Waals surface area (Å²) in [4.78, 5) is 25.3. The molecule has 0 spiro atoms. The highest BCUT2D eigenvalue weighted by Crippen LogP contribution is 2.30. The van der Waals surface area contributed by atoms with Crippen LogP contribution in [-0.2, 0) is 11.0 Å². The first kappa shape index (κ1) is 22.7. The second kappa shape index (κ2) is 9.74. The molecule has 7 heteroatoms. The van der Waals surface area contributed by atoms with Crippen LogP contribution in [0.1, 0.15) is 48.2 Å². The summed E-state index contributed by atoms with van der Waals surface area (Å²) in [5, 5.41) is 3.51. The Bertz CT molecular complexity index is 922. The molecular weight excluding hydrogens is 403 g/mol. The molecule has 1 atom stereocenters. The van der Waals surface area contributed by atoms with Gasteiger partial charge in [-0.1, -0.05) is 42.8 Å². The highest BCUT2D eigenvalue weighted by Gasteiger charge is 2.31. The van der Waals surface area contributed by atoms with E-state index in [1.165, 1.54) is 12.3 Å². The molecule has 0 saturated heterocycles. The maximum Gasteiger partial charge on any atom is 0.416 e. The topological polar surface area (TPSA) is 46.2 Å². The fourth-order valence-electron chi connectivity index (χ4n) is 2.54. The highest BCUT2D eigenvalue weighted by atomic mass is 35.5. The third-order valence-corrected chi connectivity index (χ3v) is 4.63. The summed E-state index contributed by atoms with van der Waals surface area (Å²) in [6.07, 6.45) is -2.77. The van der Waals surface area contributed by atoms with Gasteiger partial charge in [-0.2, -0.15) is 13.2 Å². The molecule has 1 unspecified atom stereocenters. The summed E-state index contributed by atoms with van der Waals surface area (Å²) in [5.41, 5.74) is -0.323. The number of hydrogen-bond acceptors (Lipinski definition) is 3. The zero-order valence-electron chi connectivity index (χ0n) is 16.0. The van der Waals surface area contributed by atoms with Crippen LogP contribution in [0.15, 0.2) is 54.7 Å². The molecule has 0 saturated carbocycles. The number of hydrogen-bond donors (Lipinski definition) is 1. The first-order chi connectivity index (χ1) is 13.6. The van der Waals surface area contributed by atoms with Gasteiger partial charge in [-0.3, -0.25) is 9.59 Å².